The van der Waals surface area contributed by atoms with Gasteiger partial charge in [-0.05, 0) is 27.1 Å². The highest BCUT2D eigenvalue weighted by molar-refractivity contribution is 5.88. The third-order valence-electron chi connectivity index (χ3n) is 3.78. The van der Waals surface area contributed by atoms with E-state index in [1.165, 1.54) is 25.7 Å². The summed E-state index contributed by atoms with van der Waals surface area (Å²) in [5, 5.41) is 8.47. The van der Waals surface area contributed by atoms with Crippen LogP contribution < -0.4 is 16.0 Å². The van der Waals surface area contributed by atoms with E-state index in [1.54, 1.807) is 7.05 Å². The molecule has 0 aliphatic heterocycles. The lowest BCUT2D eigenvalue weighted by molar-refractivity contribution is -0.131. The second-order valence-corrected chi connectivity index (χ2v) is 5.68. The topological polar surface area (TPSA) is 73.5 Å². The highest BCUT2D eigenvalue weighted by Gasteiger charge is 2.25. The molecule has 130 valence electrons. The maximum atomic E-state index is 12.3. The highest BCUT2D eigenvalue weighted by atomic mass is 16.2. The average molecular weight is 314 g/mol. The number of likely N-dealkylation sites (N-methyl/N-ethyl adjacent to an activating group) is 2. The maximum Gasteiger partial charge on any atom is 0.237 e. The molecule has 2 amide bonds. The van der Waals surface area contributed by atoms with Crippen molar-refractivity contribution in [1.29, 1.82) is 0 Å². The van der Waals surface area contributed by atoms with Crippen molar-refractivity contribution >= 4 is 11.8 Å². The van der Waals surface area contributed by atoms with Crippen molar-refractivity contribution < 1.29 is 9.59 Å². The Morgan fingerprint density at radius 1 is 1.05 bits per heavy atom. The summed E-state index contributed by atoms with van der Waals surface area (Å²) in [5.41, 5.74) is 0. The first-order chi connectivity index (χ1) is 10.6. The third kappa shape index (κ3) is 9.73. The van der Waals surface area contributed by atoms with E-state index in [4.69, 9.17) is 0 Å². The number of unbranched alkanes of at least 4 members (excludes halogenated alkanes) is 4. The standard InChI is InChI=1S/C16H34N4O2/c1-5-6-7-8-9-12-20(4)14(13-15(21)18-3)16(22)19-11-10-17-2/h14,17H,5-13H2,1-4H3,(H,18,21)(H,19,22). The van der Waals surface area contributed by atoms with Crippen LogP contribution in [0.4, 0.5) is 0 Å². The summed E-state index contributed by atoms with van der Waals surface area (Å²) >= 11 is 0. The summed E-state index contributed by atoms with van der Waals surface area (Å²) < 4.78 is 0. The zero-order valence-electron chi connectivity index (χ0n) is 14.7. The van der Waals surface area contributed by atoms with E-state index in [0.717, 1.165) is 19.5 Å². The van der Waals surface area contributed by atoms with E-state index in [0.29, 0.717) is 6.54 Å². The van der Waals surface area contributed by atoms with Crippen molar-refractivity contribution in [2.75, 3.05) is 40.8 Å². The van der Waals surface area contributed by atoms with E-state index < -0.39 is 6.04 Å². The molecule has 22 heavy (non-hydrogen) atoms. The monoisotopic (exact) mass is 314 g/mol. The van der Waals surface area contributed by atoms with Gasteiger partial charge < -0.3 is 16.0 Å². The molecule has 6 nitrogen and oxygen atoms in total. The van der Waals surface area contributed by atoms with Crippen LogP contribution in [0, 0.1) is 0 Å². The van der Waals surface area contributed by atoms with Crippen LogP contribution in [0.15, 0.2) is 0 Å². The predicted octanol–water partition coefficient (Wildman–Crippen LogP) is 0.729. The lowest BCUT2D eigenvalue weighted by atomic mass is 10.1. The Labute approximate surface area is 135 Å². The summed E-state index contributed by atoms with van der Waals surface area (Å²) in [6.07, 6.45) is 6.15. The largest absolute Gasteiger partial charge is 0.359 e. The molecule has 6 heteroatoms. The minimum absolute atomic E-state index is 0.0742. The van der Waals surface area contributed by atoms with E-state index in [2.05, 4.69) is 22.9 Å². The number of rotatable bonds is 13. The maximum absolute atomic E-state index is 12.3. The molecule has 0 saturated carbocycles. The second-order valence-electron chi connectivity index (χ2n) is 5.68. The molecule has 0 fully saturated rings. The van der Waals surface area contributed by atoms with Gasteiger partial charge in [0.2, 0.25) is 11.8 Å². The van der Waals surface area contributed by atoms with Crippen LogP contribution in [0.3, 0.4) is 0 Å². The molecule has 0 saturated heterocycles. The molecule has 0 aromatic carbocycles. The number of hydrogen-bond donors (Lipinski definition) is 3. The molecule has 0 radical (unpaired) electrons. The van der Waals surface area contributed by atoms with Crippen molar-refractivity contribution in [2.45, 2.75) is 51.5 Å². The van der Waals surface area contributed by atoms with E-state index >= 15 is 0 Å². The van der Waals surface area contributed by atoms with Gasteiger partial charge in [-0.25, -0.2) is 0 Å². The van der Waals surface area contributed by atoms with Gasteiger partial charge in [0.15, 0.2) is 0 Å². The zero-order chi connectivity index (χ0) is 16.8. The summed E-state index contributed by atoms with van der Waals surface area (Å²) in [6, 6.07) is -0.400. The van der Waals surface area contributed by atoms with Gasteiger partial charge in [-0.1, -0.05) is 32.6 Å². The predicted molar refractivity (Wildman–Crippen MR) is 90.8 cm³/mol. The number of carbonyl (C=O) groups is 2. The van der Waals surface area contributed by atoms with Crippen LogP contribution in [0.2, 0.25) is 0 Å². The Bertz CT molecular complexity index is 311. The zero-order valence-corrected chi connectivity index (χ0v) is 14.7. The van der Waals surface area contributed by atoms with Gasteiger partial charge in [0.1, 0.15) is 0 Å². The molecule has 0 bridgehead atoms. The highest BCUT2D eigenvalue weighted by Crippen LogP contribution is 2.08. The van der Waals surface area contributed by atoms with Crippen LogP contribution >= 0.6 is 0 Å². The fourth-order valence-corrected chi connectivity index (χ4v) is 2.28. The van der Waals surface area contributed by atoms with Gasteiger partial charge in [0.25, 0.3) is 0 Å². The number of amides is 2. The second kappa shape index (κ2) is 13.5. The first-order valence-electron chi connectivity index (χ1n) is 8.39. The minimum atomic E-state index is -0.400. The van der Waals surface area contributed by atoms with E-state index in [9.17, 15) is 9.59 Å². The summed E-state index contributed by atoms with van der Waals surface area (Å²) in [7, 11) is 5.37. The molecule has 0 aromatic heterocycles. The lowest BCUT2D eigenvalue weighted by Gasteiger charge is -2.26. The lowest BCUT2D eigenvalue weighted by Crippen LogP contribution is -2.48. The van der Waals surface area contributed by atoms with Gasteiger partial charge in [-0.2, -0.15) is 0 Å². The first-order valence-corrected chi connectivity index (χ1v) is 8.39. The summed E-state index contributed by atoms with van der Waals surface area (Å²) in [6.45, 7) is 4.33. The molecule has 1 unspecified atom stereocenters. The normalized spacial score (nSPS) is 12.2. The SMILES string of the molecule is CCCCCCCN(C)C(CC(=O)NC)C(=O)NCCNC. The van der Waals surface area contributed by atoms with Gasteiger partial charge in [0, 0.05) is 20.1 Å². The number of nitrogens with zero attached hydrogens (tertiary/aromatic N) is 1. The van der Waals surface area contributed by atoms with Crippen molar-refractivity contribution in [3.63, 3.8) is 0 Å². The number of carbonyl (C=O) groups excluding carboxylic acids is 2. The van der Waals surface area contributed by atoms with E-state index in [1.807, 2.05) is 19.0 Å². The van der Waals surface area contributed by atoms with Crippen molar-refractivity contribution in [1.82, 2.24) is 20.9 Å². The van der Waals surface area contributed by atoms with E-state index in [-0.39, 0.29) is 18.2 Å². The van der Waals surface area contributed by atoms with Crippen molar-refractivity contribution in [3.8, 4) is 0 Å². The van der Waals surface area contributed by atoms with Gasteiger partial charge in [-0.3, -0.25) is 14.5 Å². The van der Waals surface area contributed by atoms with Crippen LogP contribution in [0.5, 0.6) is 0 Å². The van der Waals surface area contributed by atoms with Crippen LogP contribution in [-0.4, -0.2) is 63.5 Å². The smallest absolute Gasteiger partial charge is 0.237 e. The van der Waals surface area contributed by atoms with Crippen molar-refractivity contribution in [2.24, 2.45) is 0 Å². The summed E-state index contributed by atoms with van der Waals surface area (Å²) in [4.78, 5) is 25.9. The minimum Gasteiger partial charge on any atom is -0.359 e. The van der Waals surface area contributed by atoms with Crippen LogP contribution in [-0.2, 0) is 9.59 Å². The average Bonchev–Trinajstić information content (AvgIpc) is 2.51. The third-order valence-corrected chi connectivity index (χ3v) is 3.78. The Morgan fingerprint density at radius 3 is 2.32 bits per heavy atom. The molecule has 0 spiro atoms. The van der Waals surface area contributed by atoms with Crippen molar-refractivity contribution in [3.05, 3.63) is 0 Å². The molecule has 0 aliphatic rings. The molecule has 0 aliphatic carbocycles. The first kappa shape index (κ1) is 20.9. The fourth-order valence-electron chi connectivity index (χ4n) is 2.28. The number of hydrogen-bond acceptors (Lipinski definition) is 4. The van der Waals surface area contributed by atoms with Gasteiger partial charge in [-0.15, -0.1) is 0 Å². The Hall–Kier alpha value is -1.14. The van der Waals surface area contributed by atoms with Gasteiger partial charge >= 0.3 is 0 Å². The summed E-state index contributed by atoms with van der Waals surface area (Å²) in [5.74, 6) is -0.179. The molecule has 3 N–H and O–H groups in total. The molecule has 0 aromatic rings. The van der Waals surface area contributed by atoms with Crippen LogP contribution in [0.1, 0.15) is 45.4 Å². The molecule has 0 heterocycles. The quantitative estimate of drug-likeness (QED) is 0.438. The Kier molecular flexibility index (Phi) is 12.8. The Balaban J connectivity index is 4.35. The Morgan fingerprint density at radius 2 is 1.73 bits per heavy atom. The molecule has 0 rings (SSSR count). The fraction of sp³-hybridized carbons (Fsp3) is 0.875. The molecular formula is C16H34N4O2. The molecular weight excluding hydrogens is 280 g/mol. The van der Waals surface area contributed by atoms with Crippen LogP contribution in [0.25, 0.3) is 0 Å². The number of nitrogens with one attached hydrogen (secondary N) is 3. The van der Waals surface area contributed by atoms with Gasteiger partial charge in [0.05, 0.1) is 12.5 Å². The molecule has 1 atom stereocenters.